The number of nitrogens with one attached hydrogen (secondary N) is 1. The van der Waals surface area contributed by atoms with Crippen LogP contribution in [0.5, 0.6) is 0 Å². The van der Waals surface area contributed by atoms with Crippen molar-refractivity contribution in [1.29, 1.82) is 0 Å². The first-order valence-corrected chi connectivity index (χ1v) is 8.85. The minimum absolute atomic E-state index is 0.0131. The molecule has 0 bridgehead atoms. The fraction of sp³-hybridized carbons (Fsp3) is 0.722. The SMILES string of the molecule is CN1CCc2nc(C3CCCN(C(=O)C(C)(C)C)C3)[nH]c(=O)c2C1. The molecule has 0 aromatic carbocycles. The standard InChI is InChI=1S/C18H28N4O2/c1-18(2,3)17(24)22-8-5-6-12(10-22)15-19-14-7-9-21(4)11-13(14)16(23)20-15/h12H,5-11H2,1-4H3,(H,19,20,23). The maximum Gasteiger partial charge on any atom is 0.255 e. The summed E-state index contributed by atoms with van der Waals surface area (Å²) in [5.41, 5.74) is 1.35. The van der Waals surface area contributed by atoms with E-state index in [1.54, 1.807) is 0 Å². The second kappa shape index (κ2) is 6.31. The van der Waals surface area contributed by atoms with Crippen LogP contribution in [0.2, 0.25) is 0 Å². The molecule has 2 aliphatic rings. The normalized spacial score (nSPS) is 22.3. The number of likely N-dealkylation sites (tertiary alicyclic amines) is 1. The van der Waals surface area contributed by atoms with Crippen molar-refractivity contribution < 1.29 is 4.79 Å². The van der Waals surface area contributed by atoms with E-state index < -0.39 is 0 Å². The van der Waals surface area contributed by atoms with Crippen molar-refractivity contribution in [3.05, 3.63) is 27.4 Å². The molecule has 6 nitrogen and oxygen atoms in total. The summed E-state index contributed by atoms with van der Waals surface area (Å²) in [7, 11) is 2.02. The smallest absolute Gasteiger partial charge is 0.255 e. The van der Waals surface area contributed by atoms with Gasteiger partial charge in [-0.1, -0.05) is 20.8 Å². The molecule has 0 saturated carbocycles. The van der Waals surface area contributed by atoms with Crippen LogP contribution in [-0.4, -0.2) is 52.4 Å². The summed E-state index contributed by atoms with van der Waals surface area (Å²) >= 11 is 0. The van der Waals surface area contributed by atoms with Crippen molar-refractivity contribution in [3.63, 3.8) is 0 Å². The second-order valence-electron chi connectivity index (χ2n) is 8.20. The lowest BCUT2D eigenvalue weighted by Crippen LogP contribution is -2.45. The number of hydrogen-bond donors (Lipinski definition) is 1. The Morgan fingerprint density at radius 1 is 1.29 bits per heavy atom. The molecule has 1 aromatic heterocycles. The minimum atomic E-state index is -0.372. The van der Waals surface area contributed by atoms with Gasteiger partial charge in [-0.2, -0.15) is 0 Å². The molecule has 132 valence electrons. The Bertz CT molecular complexity index is 689. The van der Waals surface area contributed by atoms with E-state index in [0.717, 1.165) is 49.4 Å². The second-order valence-corrected chi connectivity index (χ2v) is 8.20. The fourth-order valence-corrected chi connectivity index (χ4v) is 3.63. The quantitative estimate of drug-likeness (QED) is 0.846. The van der Waals surface area contributed by atoms with E-state index in [1.807, 2.05) is 32.7 Å². The topological polar surface area (TPSA) is 69.3 Å². The van der Waals surface area contributed by atoms with E-state index in [9.17, 15) is 9.59 Å². The first-order valence-electron chi connectivity index (χ1n) is 8.85. The number of rotatable bonds is 1. The minimum Gasteiger partial charge on any atom is -0.342 e. The highest BCUT2D eigenvalue weighted by Gasteiger charge is 2.32. The van der Waals surface area contributed by atoms with Crippen LogP contribution in [-0.2, 0) is 17.8 Å². The highest BCUT2D eigenvalue weighted by atomic mass is 16.2. The number of aromatic amines is 1. The molecular formula is C18H28N4O2. The summed E-state index contributed by atoms with van der Waals surface area (Å²) < 4.78 is 0. The number of likely N-dealkylation sites (N-methyl/N-ethyl adjacent to an activating group) is 1. The Kier molecular flexibility index (Phi) is 4.51. The predicted octanol–water partition coefficient (Wildman–Crippen LogP) is 1.51. The maximum absolute atomic E-state index is 12.6. The summed E-state index contributed by atoms with van der Waals surface area (Å²) in [5.74, 6) is 1.06. The van der Waals surface area contributed by atoms with Gasteiger partial charge >= 0.3 is 0 Å². The van der Waals surface area contributed by atoms with Crippen LogP contribution < -0.4 is 5.56 Å². The Morgan fingerprint density at radius 3 is 2.75 bits per heavy atom. The number of aromatic nitrogens is 2. The van der Waals surface area contributed by atoms with Gasteiger partial charge in [-0.25, -0.2) is 4.98 Å². The van der Waals surface area contributed by atoms with E-state index >= 15 is 0 Å². The van der Waals surface area contributed by atoms with Gasteiger partial charge in [0.15, 0.2) is 0 Å². The molecule has 1 N–H and O–H groups in total. The van der Waals surface area contributed by atoms with Gasteiger partial charge in [0.25, 0.3) is 5.56 Å². The highest BCUT2D eigenvalue weighted by molar-refractivity contribution is 5.81. The summed E-state index contributed by atoms with van der Waals surface area (Å²) in [4.78, 5) is 36.8. The molecule has 1 atom stereocenters. The lowest BCUT2D eigenvalue weighted by Gasteiger charge is -2.36. The molecule has 3 rings (SSSR count). The number of amides is 1. The zero-order chi connectivity index (χ0) is 17.5. The number of hydrogen-bond acceptors (Lipinski definition) is 4. The zero-order valence-electron chi connectivity index (χ0n) is 15.2. The van der Waals surface area contributed by atoms with Gasteiger partial charge in [-0.05, 0) is 19.9 Å². The third-order valence-electron chi connectivity index (χ3n) is 5.01. The molecule has 6 heteroatoms. The number of fused-ring (bicyclic) bond motifs is 1. The first-order chi connectivity index (χ1) is 11.3. The molecule has 0 spiro atoms. The summed E-state index contributed by atoms with van der Waals surface area (Å²) in [6.07, 6.45) is 2.74. The molecule has 0 aliphatic carbocycles. The van der Waals surface area contributed by atoms with Crippen molar-refractivity contribution in [1.82, 2.24) is 19.8 Å². The number of nitrogens with zero attached hydrogens (tertiary/aromatic N) is 3. The van der Waals surface area contributed by atoms with Crippen molar-refractivity contribution in [3.8, 4) is 0 Å². The average molecular weight is 332 g/mol. The van der Waals surface area contributed by atoms with Gasteiger partial charge in [0.2, 0.25) is 5.91 Å². The third kappa shape index (κ3) is 3.38. The summed E-state index contributed by atoms with van der Waals surface area (Å²) in [6, 6.07) is 0. The molecule has 1 saturated heterocycles. The van der Waals surface area contributed by atoms with Gasteiger partial charge in [-0.3, -0.25) is 9.59 Å². The molecule has 24 heavy (non-hydrogen) atoms. The highest BCUT2D eigenvalue weighted by Crippen LogP contribution is 2.28. The molecular weight excluding hydrogens is 304 g/mol. The van der Waals surface area contributed by atoms with Crippen LogP contribution in [0.15, 0.2) is 4.79 Å². The van der Waals surface area contributed by atoms with E-state index in [2.05, 4.69) is 9.88 Å². The van der Waals surface area contributed by atoms with Crippen LogP contribution >= 0.6 is 0 Å². The van der Waals surface area contributed by atoms with E-state index in [-0.39, 0.29) is 22.8 Å². The molecule has 1 fully saturated rings. The van der Waals surface area contributed by atoms with E-state index in [1.165, 1.54) is 0 Å². The molecule has 1 unspecified atom stereocenters. The predicted molar refractivity (Wildman–Crippen MR) is 92.9 cm³/mol. The van der Waals surface area contributed by atoms with Crippen LogP contribution in [0.25, 0.3) is 0 Å². The Labute approximate surface area is 143 Å². The average Bonchev–Trinajstić information content (AvgIpc) is 2.54. The molecule has 1 amide bonds. The van der Waals surface area contributed by atoms with Crippen molar-refractivity contribution in [2.24, 2.45) is 5.41 Å². The van der Waals surface area contributed by atoms with Crippen molar-refractivity contribution in [2.45, 2.75) is 52.5 Å². The van der Waals surface area contributed by atoms with Crippen LogP contribution in [0.4, 0.5) is 0 Å². The maximum atomic E-state index is 12.6. The van der Waals surface area contributed by atoms with Crippen LogP contribution in [0, 0.1) is 5.41 Å². The van der Waals surface area contributed by atoms with Gasteiger partial charge < -0.3 is 14.8 Å². The van der Waals surface area contributed by atoms with Crippen LogP contribution in [0.1, 0.15) is 56.6 Å². The Balaban J connectivity index is 1.83. The lowest BCUT2D eigenvalue weighted by atomic mass is 9.90. The van der Waals surface area contributed by atoms with Crippen molar-refractivity contribution in [2.75, 3.05) is 26.7 Å². The van der Waals surface area contributed by atoms with Crippen molar-refractivity contribution >= 4 is 5.91 Å². The van der Waals surface area contributed by atoms with Crippen LogP contribution in [0.3, 0.4) is 0 Å². The molecule has 3 heterocycles. The third-order valence-corrected chi connectivity index (χ3v) is 5.01. The summed E-state index contributed by atoms with van der Waals surface area (Å²) in [5, 5.41) is 0. The first kappa shape index (κ1) is 17.1. The Morgan fingerprint density at radius 2 is 2.04 bits per heavy atom. The Hall–Kier alpha value is -1.69. The number of piperidine rings is 1. The van der Waals surface area contributed by atoms with E-state index in [0.29, 0.717) is 13.1 Å². The van der Waals surface area contributed by atoms with Gasteiger partial charge in [-0.15, -0.1) is 0 Å². The largest absolute Gasteiger partial charge is 0.342 e. The summed E-state index contributed by atoms with van der Waals surface area (Å²) in [6.45, 7) is 8.90. The number of carbonyl (C=O) groups excluding carboxylic acids is 1. The van der Waals surface area contributed by atoms with E-state index in [4.69, 9.17) is 4.98 Å². The zero-order valence-corrected chi connectivity index (χ0v) is 15.2. The molecule has 0 radical (unpaired) electrons. The monoisotopic (exact) mass is 332 g/mol. The van der Waals surface area contributed by atoms with Gasteiger partial charge in [0, 0.05) is 43.9 Å². The van der Waals surface area contributed by atoms with Gasteiger partial charge in [0.05, 0.1) is 11.3 Å². The van der Waals surface area contributed by atoms with Gasteiger partial charge in [0.1, 0.15) is 5.82 Å². The molecule has 2 aliphatic heterocycles. The number of carbonyl (C=O) groups is 1. The fourth-order valence-electron chi connectivity index (χ4n) is 3.63. The molecule has 1 aromatic rings. The number of H-pyrrole nitrogens is 1. The lowest BCUT2D eigenvalue weighted by molar-refractivity contribution is -0.140.